The van der Waals surface area contributed by atoms with Crippen LogP contribution in [0.1, 0.15) is 34.5 Å². The van der Waals surface area contributed by atoms with Gasteiger partial charge in [-0.25, -0.2) is 4.39 Å². The van der Waals surface area contributed by atoms with Gasteiger partial charge in [0.2, 0.25) is 0 Å². The predicted octanol–water partition coefficient (Wildman–Crippen LogP) is 4.50. The number of hydrogen-bond donors (Lipinski definition) is 3. The number of halogens is 1. The molecule has 0 radical (unpaired) electrons. The molecule has 3 heterocycles. The lowest BCUT2D eigenvalue weighted by atomic mass is 9.94. The third-order valence-electron chi connectivity index (χ3n) is 6.51. The fourth-order valence-electron chi connectivity index (χ4n) is 4.80. The van der Waals surface area contributed by atoms with Crippen molar-refractivity contribution < 1.29 is 14.3 Å². The number of aromatic nitrogens is 1. The van der Waals surface area contributed by atoms with Crippen molar-refractivity contribution in [1.29, 1.82) is 0 Å². The van der Waals surface area contributed by atoms with E-state index in [1.165, 1.54) is 17.7 Å². The van der Waals surface area contributed by atoms with Gasteiger partial charge in [-0.05, 0) is 66.8 Å². The van der Waals surface area contributed by atoms with Gasteiger partial charge in [0.15, 0.2) is 0 Å². The van der Waals surface area contributed by atoms with Crippen molar-refractivity contribution in [2.24, 2.45) is 0 Å². The summed E-state index contributed by atoms with van der Waals surface area (Å²) < 4.78 is 13.9. The number of β-amino-alcohol motifs (C(OH)–C–C–N with tert-alkyl or cyclic N) is 1. The summed E-state index contributed by atoms with van der Waals surface area (Å²) in [5, 5.41) is 12.8. The molecular weight excluding hydrogens is 405 g/mol. The van der Waals surface area contributed by atoms with Crippen LogP contribution in [0.2, 0.25) is 0 Å². The zero-order valence-electron chi connectivity index (χ0n) is 18.2. The van der Waals surface area contributed by atoms with Gasteiger partial charge < -0.3 is 15.4 Å². The topological polar surface area (TPSA) is 68.4 Å². The molecule has 3 N–H and O–H groups in total. The summed E-state index contributed by atoms with van der Waals surface area (Å²) in [5.41, 5.74) is 7.89. The van der Waals surface area contributed by atoms with Crippen LogP contribution < -0.4 is 5.32 Å². The van der Waals surface area contributed by atoms with E-state index in [-0.39, 0.29) is 17.8 Å². The Labute approximate surface area is 186 Å². The Morgan fingerprint density at radius 1 is 1.22 bits per heavy atom. The van der Waals surface area contributed by atoms with Crippen molar-refractivity contribution in [3.63, 3.8) is 0 Å². The number of nitrogens with zero attached hydrogens (tertiary/aromatic N) is 1. The summed E-state index contributed by atoms with van der Waals surface area (Å²) in [6, 6.07) is 12.1. The first kappa shape index (κ1) is 20.7. The van der Waals surface area contributed by atoms with E-state index < -0.39 is 0 Å². The van der Waals surface area contributed by atoms with Gasteiger partial charge in [0.1, 0.15) is 5.82 Å². The molecule has 32 heavy (non-hydrogen) atoms. The highest BCUT2D eigenvalue weighted by atomic mass is 19.1. The van der Waals surface area contributed by atoms with Gasteiger partial charge in [0.25, 0.3) is 5.91 Å². The van der Waals surface area contributed by atoms with Crippen LogP contribution in [0.25, 0.3) is 22.8 Å². The van der Waals surface area contributed by atoms with Crippen LogP contribution in [0.4, 0.5) is 10.1 Å². The molecule has 0 aliphatic carbocycles. The average Bonchev–Trinajstić information content (AvgIpc) is 3.40. The molecule has 2 aliphatic rings. The minimum Gasteiger partial charge on any atom is -0.392 e. The molecule has 5 rings (SSSR count). The van der Waals surface area contributed by atoms with Gasteiger partial charge in [-0.2, -0.15) is 0 Å². The van der Waals surface area contributed by atoms with Crippen molar-refractivity contribution in [1.82, 2.24) is 9.88 Å². The number of hydrogen-bond acceptors (Lipinski definition) is 3. The van der Waals surface area contributed by atoms with Crippen LogP contribution in [-0.4, -0.2) is 40.1 Å². The zero-order valence-corrected chi connectivity index (χ0v) is 18.2. The standard InChI is InChI=1S/C26H26FN3O2/c1-15-22(14-30-10-9-19(31)13-30)16(2)28-24(15)12-21-25-20(17-5-3-6-18(27)11-17)7-4-8-23(25)29-26(21)32/h3-8,11-12,19,28,31H,9-10,13-14H2,1-2H3,(H,29,32)/t19-/m1/s1. The van der Waals surface area contributed by atoms with Crippen LogP contribution in [-0.2, 0) is 11.3 Å². The van der Waals surface area contributed by atoms with E-state index in [9.17, 15) is 14.3 Å². The number of nitrogens with one attached hydrogen (secondary N) is 2. The summed E-state index contributed by atoms with van der Waals surface area (Å²) in [6.45, 7) is 6.44. The van der Waals surface area contributed by atoms with Crippen molar-refractivity contribution >= 4 is 23.2 Å². The maximum absolute atomic E-state index is 13.9. The van der Waals surface area contributed by atoms with E-state index >= 15 is 0 Å². The second kappa shape index (κ2) is 8.04. The van der Waals surface area contributed by atoms with Gasteiger partial charge in [-0.3, -0.25) is 9.69 Å². The third-order valence-corrected chi connectivity index (χ3v) is 6.51. The molecule has 164 valence electrons. The Balaban J connectivity index is 1.56. The summed E-state index contributed by atoms with van der Waals surface area (Å²) in [7, 11) is 0. The first-order valence-corrected chi connectivity index (χ1v) is 10.9. The maximum atomic E-state index is 13.9. The molecular formula is C26H26FN3O2. The number of amides is 1. The molecule has 1 aromatic heterocycles. The quantitative estimate of drug-likeness (QED) is 0.533. The number of aliphatic hydroxyl groups excluding tert-OH is 1. The van der Waals surface area contributed by atoms with Crippen molar-refractivity contribution in [3.05, 3.63) is 76.4 Å². The van der Waals surface area contributed by atoms with Gasteiger partial charge in [-0.1, -0.05) is 24.3 Å². The van der Waals surface area contributed by atoms with E-state index in [4.69, 9.17) is 0 Å². The van der Waals surface area contributed by atoms with E-state index in [2.05, 4.69) is 22.1 Å². The second-order valence-corrected chi connectivity index (χ2v) is 8.70. The lowest BCUT2D eigenvalue weighted by molar-refractivity contribution is -0.110. The highest BCUT2D eigenvalue weighted by molar-refractivity contribution is 6.36. The number of benzene rings is 2. The number of carbonyl (C=O) groups is 1. The number of carbonyl (C=O) groups excluding carboxylic acids is 1. The van der Waals surface area contributed by atoms with Gasteiger partial charge in [-0.15, -0.1) is 0 Å². The summed E-state index contributed by atoms with van der Waals surface area (Å²) in [5.74, 6) is -0.477. The molecule has 3 aromatic rings. The van der Waals surface area contributed by atoms with Crippen LogP contribution in [0.15, 0.2) is 42.5 Å². The Morgan fingerprint density at radius 3 is 2.78 bits per heavy atom. The number of anilines is 1. The number of likely N-dealkylation sites (tertiary alicyclic amines) is 1. The number of aromatic amines is 1. The Morgan fingerprint density at radius 2 is 2.03 bits per heavy atom. The first-order valence-electron chi connectivity index (χ1n) is 10.9. The first-order chi connectivity index (χ1) is 15.4. The van der Waals surface area contributed by atoms with Gasteiger partial charge >= 0.3 is 0 Å². The number of aryl methyl sites for hydroxylation is 1. The molecule has 1 atom stereocenters. The fourth-order valence-corrected chi connectivity index (χ4v) is 4.80. The number of fused-ring (bicyclic) bond motifs is 1. The number of rotatable bonds is 4. The van der Waals surface area contributed by atoms with Crippen LogP contribution >= 0.6 is 0 Å². The highest BCUT2D eigenvalue weighted by Gasteiger charge is 2.28. The smallest absolute Gasteiger partial charge is 0.256 e. The van der Waals surface area contributed by atoms with Crippen molar-refractivity contribution in [3.8, 4) is 11.1 Å². The minimum atomic E-state index is -0.310. The number of H-pyrrole nitrogens is 1. The van der Waals surface area contributed by atoms with Crippen LogP contribution in [0.3, 0.4) is 0 Å². The van der Waals surface area contributed by atoms with E-state index in [1.54, 1.807) is 6.07 Å². The number of aliphatic hydroxyl groups is 1. The molecule has 6 heteroatoms. The zero-order chi connectivity index (χ0) is 22.4. The summed E-state index contributed by atoms with van der Waals surface area (Å²) >= 11 is 0. The minimum absolute atomic E-state index is 0.167. The monoisotopic (exact) mass is 431 g/mol. The van der Waals surface area contributed by atoms with E-state index in [0.717, 1.165) is 58.8 Å². The average molecular weight is 432 g/mol. The molecule has 0 bridgehead atoms. The molecule has 0 unspecified atom stereocenters. The lowest BCUT2D eigenvalue weighted by Crippen LogP contribution is -2.22. The SMILES string of the molecule is Cc1[nH]c(C=C2C(=O)Nc3cccc(-c4cccc(F)c4)c32)c(C)c1CN1CC[C@@H](O)C1. The van der Waals surface area contributed by atoms with Crippen LogP contribution in [0, 0.1) is 19.7 Å². The van der Waals surface area contributed by atoms with Crippen molar-refractivity contribution in [2.45, 2.75) is 32.9 Å². The predicted molar refractivity (Wildman–Crippen MR) is 125 cm³/mol. The molecule has 0 saturated carbocycles. The molecule has 2 aromatic carbocycles. The fraction of sp³-hybridized carbons (Fsp3) is 0.269. The van der Waals surface area contributed by atoms with Crippen LogP contribution in [0.5, 0.6) is 0 Å². The highest BCUT2D eigenvalue weighted by Crippen LogP contribution is 2.41. The maximum Gasteiger partial charge on any atom is 0.256 e. The molecule has 2 aliphatic heterocycles. The summed E-state index contributed by atoms with van der Waals surface area (Å²) in [6.07, 6.45) is 2.45. The lowest BCUT2D eigenvalue weighted by Gasteiger charge is -2.15. The molecule has 1 fully saturated rings. The van der Waals surface area contributed by atoms with Crippen molar-refractivity contribution in [2.75, 3.05) is 18.4 Å². The second-order valence-electron chi connectivity index (χ2n) is 8.70. The third kappa shape index (κ3) is 3.66. The normalized spacial score (nSPS) is 19.6. The Hall–Kier alpha value is -3.22. The molecule has 0 spiro atoms. The summed E-state index contributed by atoms with van der Waals surface area (Å²) in [4.78, 5) is 18.6. The Bertz CT molecular complexity index is 1240. The molecule has 1 saturated heterocycles. The van der Waals surface area contributed by atoms with E-state index in [1.807, 2.05) is 37.3 Å². The molecule has 5 nitrogen and oxygen atoms in total. The van der Waals surface area contributed by atoms with E-state index in [0.29, 0.717) is 12.1 Å². The van der Waals surface area contributed by atoms with Gasteiger partial charge in [0, 0.05) is 42.3 Å². The molecule has 1 amide bonds. The largest absolute Gasteiger partial charge is 0.392 e. The van der Waals surface area contributed by atoms with Gasteiger partial charge in [0.05, 0.1) is 11.7 Å². The Kier molecular flexibility index (Phi) is 5.19.